The molecule has 1 saturated heterocycles. The van der Waals surface area contributed by atoms with E-state index in [0.717, 1.165) is 37.8 Å². The minimum Gasteiger partial charge on any atom is -0.369 e. The summed E-state index contributed by atoms with van der Waals surface area (Å²) < 4.78 is 10.1. The monoisotopic (exact) mass is 586 g/mol. The first-order valence-corrected chi connectivity index (χ1v) is 14.6. The van der Waals surface area contributed by atoms with Crippen molar-refractivity contribution in [3.63, 3.8) is 0 Å². The molecule has 2 heterocycles. The zero-order chi connectivity index (χ0) is 30.7. The number of aromatic nitrogens is 1. The molecule has 2 aromatic rings. The number of ether oxygens (including phenoxy) is 2. The molecule has 1 aliphatic heterocycles. The molecule has 1 aliphatic rings. The summed E-state index contributed by atoms with van der Waals surface area (Å²) in [6.45, 7) is 10.4. The number of carbonyl (C=O) groups is 3. The second-order valence-electron chi connectivity index (χ2n) is 10.7. The molecule has 0 saturated carbocycles. The van der Waals surface area contributed by atoms with Crippen molar-refractivity contribution in [2.45, 2.75) is 59.2 Å². The van der Waals surface area contributed by atoms with Gasteiger partial charge in [0.15, 0.2) is 0 Å². The third-order valence-electron chi connectivity index (χ3n) is 6.25. The van der Waals surface area contributed by atoms with Gasteiger partial charge >= 0.3 is 0 Å². The molecule has 10 heteroatoms. The Bertz CT molecular complexity index is 1080. The Hall–Kier alpha value is -2.94. The van der Waals surface area contributed by atoms with Gasteiger partial charge in [0.1, 0.15) is 25.8 Å². The Morgan fingerprint density at radius 3 is 2.39 bits per heavy atom. The van der Waals surface area contributed by atoms with Crippen LogP contribution in [0.15, 0.2) is 29.8 Å². The molecule has 1 fully saturated rings. The van der Waals surface area contributed by atoms with E-state index in [9.17, 15) is 14.4 Å². The van der Waals surface area contributed by atoms with Gasteiger partial charge in [-0.1, -0.05) is 51.0 Å². The van der Waals surface area contributed by atoms with E-state index in [2.05, 4.69) is 50.7 Å². The number of aldehydes is 2. The quantitative estimate of drug-likeness (QED) is 0.221. The molecule has 1 amide bonds. The molecule has 0 radical (unpaired) electrons. The SMILES string of the molecule is C#CCOCCOCC(=O)NC(C=O)C(C)(C)C.CN1CCCC1C=O.CNCc1ccc(-c2scnc2C)cc1. The summed E-state index contributed by atoms with van der Waals surface area (Å²) in [7, 11) is 3.95. The fourth-order valence-electron chi connectivity index (χ4n) is 3.75. The van der Waals surface area contributed by atoms with Crippen LogP contribution in [0.3, 0.4) is 0 Å². The van der Waals surface area contributed by atoms with E-state index in [1.54, 1.807) is 11.3 Å². The highest BCUT2D eigenvalue weighted by Gasteiger charge is 2.25. The summed E-state index contributed by atoms with van der Waals surface area (Å²) in [6.07, 6.45) is 8.99. The van der Waals surface area contributed by atoms with Crippen LogP contribution in [0.1, 0.15) is 44.9 Å². The van der Waals surface area contributed by atoms with Gasteiger partial charge in [-0.25, -0.2) is 4.98 Å². The number of likely N-dealkylation sites (tertiary alicyclic amines) is 1. The van der Waals surface area contributed by atoms with Crippen LogP contribution in [0, 0.1) is 24.7 Å². The van der Waals surface area contributed by atoms with Gasteiger partial charge in [0.25, 0.3) is 0 Å². The first-order valence-electron chi connectivity index (χ1n) is 13.7. The summed E-state index contributed by atoms with van der Waals surface area (Å²) >= 11 is 1.70. The summed E-state index contributed by atoms with van der Waals surface area (Å²) in [6, 6.07) is 8.33. The normalized spacial score (nSPS) is 15.4. The molecule has 2 N–H and O–H groups in total. The number of amides is 1. The number of terminal acetylenes is 1. The topological polar surface area (TPSA) is 110 Å². The molecule has 3 rings (SSSR count). The van der Waals surface area contributed by atoms with Crippen LogP contribution in [-0.2, 0) is 30.4 Å². The van der Waals surface area contributed by atoms with Gasteiger partial charge in [-0.2, -0.15) is 0 Å². The average molecular weight is 587 g/mol. The maximum atomic E-state index is 11.5. The predicted octanol–water partition coefficient (Wildman–Crippen LogP) is 3.50. The highest BCUT2D eigenvalue weighted by atomic mass is 32.1. The number of rotatable bonds is 12. The highest BCUT2D eigenvalue weighted by Crippen LogP contribution is 2.27. The lowest BCUT2D eigenvalue weighted by Gasteiger charge is -2.26. The molecule has 1 aromatic carbocycles. The Kier molecular flexibility index (Phi) is 17.6. The van der Waals surface area contributed by atoms with Crippen LogP contribution in [-0.4, -0.2) is 87.5 Å². The number of aryl methyl sites for hydroxylation is 1. The van der Waals surface area contributed by atoms with Crippen molar-refractivity contribution in [3.05, 3.63) is 41.0 Å². The number of benzene rings is 1. The number of nitrogens with one attached hydrogen (secondary N) is 2. The smallest absolute Gasteiger partial charge is 0.246 e. The molecule has 2 atom stereocenters. The zero-order valence-electron chi connectivity index (χ0n) is 25.3. The van der Waals surface area contributed by atoms with Crippen LogP contribution < -0.4 is 10.6 Å². The predicted molar refractivity (Wildman–Crippen MR) is 165 cm³/mol. The summed E-state index contributed by atoms with van der Waals surface area (Å²) in [5.41, 5.74) is 5.26. The average Bonchev–Trinajstić information content (AvgIpc) is 3.57. The highest BCUT2D eigenvalue weighted by molar-refractivity contribution is 7.13. The van der Waals surface area contributed by atoms with Crippen LogP contribution >= 0.6 is 11.3 Å². The van der Waals surface area contributed by atoms with Gasteiger partial charge < -0.3 is 29.7 Å². The van der Waals surface area contributed by atoms with E-state index in [0.29, 0.717) is 6.61 Å². The van der Waals surface area contributed by atoms with E-state index in [1.165, 1.54) is 22.4 Å². The van der Waals surface area contributed by atoms with Gasteiger partial charge in [-0.3, -0.25) is 9.69 Å². The second-order valence-corrected chi connectivity index (χ2v) is 11.5. The van der Waals surface area contributed by atoms with Crippen LogP contribution in [0.2, 0.25) is 0 Å². The minimum atomic E-state index is -0.522. The van der Waals surface area contributed by atoms with Crippen LogP contribution in [0.25, 0.3) is 10.4 Å². The lowest BCUT2D eigenvalue weighted by molar-refractivity contribution is -0.129. The Balaban J connectivity index is 0.000000327. The zero-order valence-corrected chi connectivity index (χ0v) is 26.1. The second kappa shape index (κ2) is 20.0. The summed E-state index contributed by atoms with van der Waals surface area (Å²) in [4.78, 5) is 40.1. The van der Waals surface area contributed by atoms with E-state index >= 15 is 0 Å². The molecular formula is C31H46N4O5S. The molecule has 0 aliphatic carbocycles. The molecule has 41 heavy (non-hydrogen) atoms. The fraction of sp³-hybridized carbons (Fsp3) is 0.548. The maximum Gasteiger partial charge on any atom is 0.246 e. The van der Waals surface area contributed by atoms with E-state index in [4.69, 9.17) is 15.9 Å². The fourth-order valence-corrected chi connectivity index (χ4v) is 4.56. The van der Waals surface area contributed by atoms with Gasteiger partial charge in [-0.15, -0.1) is 17.8 Å². The number of likely N-dealkylation sites (N-methyl/N-ethyl adjacent to an activating group) is 1. The first-order chi connectivity index (χ1) is 19.6. The Labute approximate surface area is 249 Å². The molecule has 9 nitrogen and oxygen atoms in total. The molecule has 0 bridgehead atoms. The van der Waals surface area contributed by atoms with Crippen molar-refractivity contribution >= 4 is 29.8 Å². The van der Waals surface area contributed by atoms with Crippen LogP contribution in [0.5, 0.6) is 0 Å². The minimum absolute atomic E-state index is 0.0974. The van der Waals surface area contributed by atoms with Crippen molar-refractivity contribution in [1.29, 1.82) is 0 Å². The molecule has 2 unspecified atom stereocenters. The first kappa shape index (κ1) is 36.1. The number of hydrogen-bond acceptors (Lipinski definition) is 9. The van der Waals surface area contributed by atoms with Gasteiger partial charge in [0.05, 0.1) is 41.4 Å². The van der Waals surface area contributed by atoms with Gasteiger partial charge in [0.2, 0.25) is 5.91 Å². The van der Waals surface area contributed by atoms with Crippen molar-refractivity contribution < 1.29 is 23.9 Å². The molecule has 226 valence electrons. The molecular weight excluding hydrogens is 540 g/mol. The van der Waals surface area contributed by atoms with Crippen molar-refractivity contribution in [1.82, 2.24) is 20.5 Å². The van der Waals surface area contributed by atoms with Gasteiger partial charge in [-0.05, 0) is 56.9 Å². The van der Waals surface area contributed by atoms with Crippen molar-refractivity contribution in [3.8, 4) is 22.8 Å². The Morgan fingerprint density at radius 2 is 1.93 bits per heavy atom. The number of thiazole rings is 1. The molecule has 0 spiro atoms. The van der Waals surface area contributed by atoms with Crippen LogP contribution in [0.4, 0.5) is 0 Å². The van der Waals surface area contributed by atoms with Gasteiger partial charge in [0, 0.05) is 6.54 Å². The number of nitrogens with zero attached hydrogens (tertiary/aromatic N) is 2. The Morgan fingerprint density at radius 1 is 1.24 bits per heavy atom. The lowest BCUT2D eigenvalue weighted by atomic mass is 9.88. The van der Waals surface area contributed by atoms with E-state index in [1.807, 2.05) is 47.3 Å². The number of carbonyl (C=O) groups excluding carboxylic acids is 3. The largest absolute Gasteiger partial charge is 0.369 e. The van der Waals surface area contributed by atoms with Crippen molar-refractivity contribution in [2.24, 2.45) is 5.41 Å². The standard InChI is InChI=1S/C13H21NO4.C12H14N2S.C6H11NO/c1-5-6-17-7-8-18-10-12(16)14-11(9-15)13(2,3)4;1-9-12(15-8-14-9)11-5-3-10(4-6-11)7-13-2;1-7-4-2-3-6(7)5-8/h1,9,11H,6-8,10H2,2-4H3,(H,14,16);3-6,8,13H,7H2,1-2H3;5-6H,2-4H2,1H3. The maximum absolute atomic E-state index is 11.5. The summed E-state index contributed by atoms with van der Waals surface area (Å²) in [5.74, 6) is 2.00. The van der Waals surface area contributed by atoms with E-state index < -0.39 is 6.04 Å². The summed E-state index contributed by atoms with van der Waals surface area (Å²) in [5, 5.41) is 5.74. The third kappa shape index (κ3) is 14.5. The molecule has 1 aromatic heterocycles. The third-order valence-corrected chi connectivity index (χ3v) is 7.23. The number of hydrogen-bond donors (Lipinski definition) is 2. The lowest BCUT2D eigenvalue weighted by Crippen LogP contribution is -2.46. The van der Waals surface area contributed by atoms with Crippen molar-refractivity contribution in [2.75, 3.05) is 47.1 Å². The van der Waals surface area contributed by atoms with E-state index in [-0.39, 0.29) is 37.2 Å².